The van der Waals surface area contributed by atoms with Gasteiger partial charge in [0.1, 0.15) is 5.02 Å². The number of nitrogens with one attached hydrogen (secondary N) is 1. The van der Waals surface area contributed by atoms with Gasteiger partial charge in [0.15, 0.2) is 5.82 Å². The molecule has 1 N–H and O–H groups in total. The van der Waals surface area contributed by atoms with Crippen LogP contribution in [0.5, 0.6) is 0 Å². The number of anilines is 4. The summed E-state index contributed by atoms with van der Waals surface area (Å²) in [5.41, 5.74) is 6.29. The normalized spacial score (nSPS) is 16.0. The molecule has 0 unspecified atom stereocenters. The van der Waals surface area contributed by atoms with Gasteiger partial charge in [-0.05, 0) is 54.8 Å². The van der Waals surface area contributed by atoms with Crippen LogP contribution in [0.4, 0.5) is 23.1 Å². The van der Waals surface area contributed by atoms with Gasteiger partial charge in [-0.15, -0.1) is 0 Å². The molecule has 0 saturated carbocycles. The van der Waals surface area contributed by atoms with Gasteiger partial charge >= 0.3 is 0 Å². The van der Waals surface area contributed by atoms with Crippen LogP contribution in [0.1, 0.15) is 16.7 Å². The number of aromatic nitrogens is 2. The molecule has 142 valence electrons. The van der Waals surface area contributed by atoms with E-state index in [1.165, 1.54) is 22.4 Å². The third-order valence-electron chi connectivity index (χ3n) is 5.53. The second-order valence-corrected chi connectivity index (χ2v) is 7.90. The Balaban J connectivity index is 1.43. The zero-order chi connectivity index (χ0) is 19.1. The Bertz CT molecular complexity index is 1040. The Hall–Kier alpha value is -2.63. The Kier molecular flexibility index (Phi) is 4.41. The molecule has 6 heteroatoms. The van der Waals surface area contributed by atoms with Crippen LogP contribution in [0.3, 0.4) is 0 Å². The van der Waals surface area contributed by atoms with E-state index in [4.69, 9.17) is 16.6 Å². The first-order valence-corrected chi connectivity index (χ1v) is 10.0. The van der Waals surface area contributed by atoms with Crippen molar-refractivity contribution in [2.24, 2.45) is 0 Å². The monoisotopic (exact) mass is 391 g/mol. The summed E-state index contributed by atoms with van der Waals surface area (Å²) in [6.45, 7) is 2.96. The van der Waals surface area contributed by atoms with Crippen LogP contribution < -0.4 is 10.2 Å². The van der Waals surface area contributed by atoms with Crippen LogP contribution in [-0.2, 0) is 19.4 Å². The molecule has 2 aliphatic heterocycles. The summed E-state index contributed by atoms with van der Waals surface area (Å²) in [6, 6.07) is 14.9. The van der Waals surface area contributed by atoms with Gasteiger partial charge in [-0.3, -0.25) is 0 Å². The van der Waals surface area contributed by atoms with E-state index < -0.39 is 0 Å². The molecule has 5 rings (SSSR count). The molecule has 5 nitrogen and oxygen atoms in total. The van der Waals surface area contributed by atoms with Crippen LogP contribution in [0.15, 0.2) is 48.7 Å². The highest BCUT2D eigenvalue weighted by molar-refractivity contribution is 6.33. The van der Waals surface area contributed by atoms with E-state index >= 15 is 0 Å². The summed E-state index contributed by atoms with van der Waals surface area (Å²) in [4.78, 5) is 13.6. The Labute approximate surface area is 170 Å². The van der Waals surface area contributed by atoms with E-state index in [1.54, 1.807) is 6.20 Å². The third kappa shape index (κ3) is 3.21. The largest absolute Gasteiger partial charge is 0.324 e. The number of hydrogen-bond acceptors (Lipinski definition) is 5. The molecule has 0 fully saturated rings. The molecule has 0 bridgehead atoms. The molecule has 0 radical (unpaired) electrons. The Morgan fingerprint density at radius 3 is 2.79 bits per heavy atom. The number of nitrogens with zero attached hydrogens (tertiary/aromatic N) is 4. The maximum atomic E-state index is 6.46. The highest BCUT2D eigenvalue weighted by Crippen LogP contribution is 2.37. The molecule has 2 aromatic carbocycles. The smallest absolute Gasteiger partial charge is 0.229 e. The zero-order valence-electron chi connectivity index (χ0n) is 15.8. The molecule has 0 atom stereocenters. The van der Waals surface area contributed by atoms with Crippen molar-refractivity contribution < 1.29 is 0 Å². The number of rotatable bonds is 3. The molecule has 1 aromatic heterocycles. The number of fused-ring (bicyclic) bond motifs is 2. The second-order valence-electron chi connectivity index (χ2n) is 7.49. The summed E-state index contributed by atoms with van der Waals surface area (Å²) in [5.74, 6) is 1.31. The molecule has 2 aliphatic rings. The van der Waals surface area contributed by atoms with Crippen LogP contribution in [0, 0.1) is 0 Å². The van der Waals surface area contributed by atoms with Gasteiger partial charge < -0.3 is 15.1 Å². The van der Waals surface area contributed by atoms with E-state index in [9.17, 15) is 0 Å². The lowest BCUT2D eigenvalue weighted by molar-refractivity contribution is 0.313. The van der Waals surface area contributed by atoms with Crippen molar-refractivity contribution in [2.45, 2.75) is 19.4 Å². The highest BCUT2D eigenvalue weighted by atomic mass is 35.5. The summed E-state index contributed by atoms with van der Waals surface area (Å²) >= 11 is 6.46. The summed E-state index contributed by atoms with van der Waals surface area (Å²) in [5, 5.41) is 3.92. The first-order chi connectivity index (χ1) is 13.7. The molecule has 0 amide bonds. The first-order valence-electron chi connectivity index (χ1n) is 9.63. The van der Waals surface area contributed by atoms with Crippen molar-refractivity contribution in [1.82, 2.24) is 14.9 Å². The fraction of sp³-hybridized carbons (Fsp3) is 0.273. The lowest BCUT2D eigenvalue weighted by Crippen LogP contribution is -2.26. The maximum absolute atomic E-state index is 6.46. The molecule has 3 heterocycles. The van der Waals surface area contributed by atoms with E-state index in [1.807, 2.05) is 0 Å². The summed E-state index contributed by atoms with van der Waals surface area (Å²) in [7, 11) is 2.16. The average molecular weight is 392 g/mol. The minimum atomic E-state index is 0.563. The van der Waals surface area contributed by atoms with Gasteiger partial charge in [-0.25, -0.2) is 4.98 Å². The van der Waals surface area contributed by atoms with Gasteiger partial charge in [-0.2, -0.15) is 4.98 Å². The fourth-order valence-corrected chi connectivity index (χ4v) is 4.26. The summed E-state index contributed by atoms with van der Waals surface area (Å²) in [6.07, 6.45) is 3.78. The van der Waals surface area contributed by atoms with E-state index in [0.717, 1.165) is 44.0 Å². The predicted molar refractivity (Wildman–Crippen MR) is 114 cm³/mol. The molecular formula is C22H22ClN5. The average Bonchev–Trinajstić information content (AvgIpc) is 3.13. The number of hydrogen-bond donors (Lipinski definition) is 1. The van der Waals surface area contributed by atoms with Crippen molar-refractivity contribution in [3.63, 3.8) is 0 Å². The van der Waals surface area contributed by atoms with Crippen LogP contribution in [0.25, 0.3) is 0 Å². The third-order valence-corrected chi connectivity index (χ3v) is 5.80. The van der Waals surface area contributed by atoms with Crippen molar-refractivity contribution in [3.05, 3.63) is 70.4 Å². The number of para-hydroxylation sites is 1. The van der Waals surface area contributed by atoms with Crippen molar-refractivity contribution in [1.29, 1.82) is 0 Å². The van der Waals surface area contributed by atoms with E-state index in [0.29, 0.717) is 11.0 Å². The summed E-state index contributed by atoms with van der Waals surface area (Å²) < 4.78 is 0. The van der Waals surface area contributed by atoms with Gasteiger partial charge in [0.2, 0.25) is 5.95 Å². The maximum Gasteiger partial charge on any atom is 0.229 e. The Morgan fingerprint density at radius 1 is 1.00 bits per heavy atom. The SMILES string of the molecule is CN1CCc2ccc(Nc3ncc(Cl)c(N4CCc5ccccc54)n3)cc2C1. The molecule has 0 saturated heterocycles. The lowest BCUT2D eigenvalue weighted by atomic mass is 9.99. The Morgan fingerprint density at radius 2 is 1.86 bits per heavy atom. The highest BCUT2D eigenvalue weighted by Gasteiger charge is 2.23. The van der Waals surface area contributed by atoms with Crippen LogP contribution in [0.2, 0.25) is 5.02 Å². The first kappa shape index (κ1) is 17.5. The molecule has 28 heavy (non-hydrogen) atoms. The predicted octanol–water partition coefficient (Wildman–Crippen LogP) is 4.56. The number of benzene rings is 2. The van der Waals surface area contributed by atoms with Crippen molar-refractivity contribution in [3.8, 4) is 0 Å². The quantitative estimate of drug-likeness (QED) is 0.709. The minimum absolute atomic E-state index is 0.563. The molecule has 0 spiro atoms. The van der Waals surface area contributed by atoms with Gasteiger partial charge in [0.25, 0.3) is 0 Å². The van der Waals surface area contributed by atoms with Gasteiger partial charge in [0.05, 0.1) is 6.20 Å². The molecule has 3 aromatic rings. The second kappa shape index (κ2) is 7.08. The zero-order valence-corrected chi connectivity index (χ0v) is 16.6. The van der Waals surface area contributed by atoms with Gasteiger partial charge in [0, 0.05) is 31.0 Å². The fourth-order valence-electron chi connectivity index (χ4n) is 4.07. The van der Waals surface area contributed by atoms with E-state index in [2.05, 4.69) is 69.6 Å². The number of likely N-dealkylation sites (N-methyl/N-ethyl adjacent to an activating group) is 1. The van der Waals surface area contributed by atoms with E-state index in [-0.39, 0.29) is 0 Å². The van der Waals surface area contributed by atoms with Crippen LogP contribution >= 0.6 is 11.6 Å². The van der Waals surface area contributed by atoms with Crippen molar-refractivity contribution in [2.75, 3.05) is 30.4 Å². The van der Waals surface area contributed by atoms with Crippen molar-refractivity contribution >= 4 is 34.7 Å². The molecular weight excluding hydrogens is 370 g/mol. The van der Waals surface area contributed by atoms with Gasteiger partial charge in [-0.1, -0.05) is 35.9 Å². The molecule has 0 aliphatic carbocycles. The topological polar surface area (TPSA) is 44.3 Å². The standard InChI is InChI=1S/C22H22ClN5/c1-27-10-8-15-6-7-18(12-17(15)14-27)25-22-24-13-19(23)21(26-22)28-11-9-16-4-2-3-5-20(16)28/h2-7,12-13H,8-11,14H2,1H3,(H,24,25,26). The van der Waals surface area contributed by atoms with Crippen LogP contribution in [-0.4, -0.2) is 35.0 Å². The number of halogens is 1. The lowest BCUT2D eigenvalue weighted by Gasteiger charge is -2.25. The minimum Gasteiger partial charge on any atom is -0.324 e.